The van der Waals surface area contributed by atoms with Crippen LogP contribution in [0, 0.1) is 0 Å². The highest BCUT2D eigenvalue weighted by atomic mass is 16.5. The molecule has 108 valence electrons. The summed E-state index contributed by atoms with van der Waals surface area (Å²) >= 11 is 0. The lowest BCUT2D eigenvalue weighted by molar-refractivity contribution is -0.136. The number of aromatic nitrogens is 1. The largest absolute Gasteiger partial charge is 0.496 e. The van der Waals surface area contributed by atoms with Gasteiger partial charge in [0.2, 0.25) is 0 Å². The Bertz CT molecular complexity index is 632. The second-order valence-electron chi connectivity index (χ2n) is 4.71. The first-order valence-electron chi connectivity index (χ1n) is 6.73. The zero-order valence-corrected chi connectivity index (χ0v) is 11.8. The highest BCUT2D eigenvalue weighted by molar-refractivity contribution is 5.92. The van der Waals surface area contributed by atoms with Crippen LogP contribution in [0.1, 0.15) is 23.7 Å². The fraction of sp³-hybridized carbons (Fsp3) is 0.400. The monoisotopic (exact) mass is 276 g/mol. The number of carboxylic acids is 1. The topological polar surface area (TPSA) is 88.3 Å². The zero-order valence-electron chi connectivity index (χ0n) is 11.8. The summed E-state index contributed by atoms with van der Waals surface area (Å²) in [6.07, 6.45) is 1.42. The number of fused-ring (bicyclic) bond motifs is 1. The number of hydrogen-bond acceptors (Lipinski definition) is 3. The molecule has 0 saturated carbocycles. The van der Waals surface area contributed by atoms with Crippen molar-refractivity contribution in [2.24, 2.45) is 5.73 Å². The van der Waals surface area contributed by atoms with E-state index in [1.807, 2.05) is 19.1 Å². The van der Waals surface area contributed by atoms with Crippen LogP contribution < -0.4 is 10.5 Å². The van der Waals surface area contributed by atoms with Gasteiger partial charge in [0.15, 0.2) is 0 Å². The van der Waals surface area contributed by atoms with Gasteiger partial charge in [-0.1, -0.05) is 6.92 Å². The van der Waals surface area contributed by atoms with E-state index in [2.05, 4.69) is 4.98 Å². The van der Waals surface area contributed by atoms with Crippen LogP contribution in [-0.4, -0.2) is 29.7 Å². The third-order valence-corrected chi connectivity index (χ3v) is 3.52. The summed E-state index contributed by atoms with van der Waals surface area (Å²) in [5.74, 6) is -0.0426. The smallest absolute Gasteiger partial charge is 0.307 e. The van der Waals surface area contributed by atoms with Gasteiger partial charge in [0, 0.05) is 28.6 Å². The van der Waals surface area contributed by atoms with Gasteiger partial charge in [0.1, 0.15) is 5.75 Å². The fourth-order valence-corrected chi connectivity index (χ4v) is 2.71. The summed E-state index contributed by atoms with van der Waals surface area (Å²) in [5.41, 5.74) is 9.34. The minimum atomic E-state index is -0.839. The van der Waals surface area contributed by atoms with Gasteiger partial charge in [-0.2, -0.15) is 0 Å². The second-order valence-corrected chi connectivity index (χ2v) is 4.71. The van der Waals surface area contributed by atoms with E-state index in [4.69, 9.17) is 15.6 Å². The maximum Gasteiger partial charge on any atom is 0.307 e. The first-order chi connectivity index (χ1) is 9.62. The molecule has 0 atom stereocenters. The number of hydrogen-bond donors (Lipinski definition) is 3. The molecule has 1 heterocycles. The van der Waals surface area contributed by atoms with E-state index in [0.29, 0.717) is 13.0 Å². The van der Waals surface area contributed by atoms with Gasteiger partial charge in [-0.3, -0.25) is 4.79 Å². The molecular formula is C15H20N2O3. The quantitative estimate of drug-likeness (QED) is 0.751. The van der Waals surface area contributed by atoms with Gasteiger partial charge in [-0.15, -0.1) is 0 Å². The van der Waals surface area contributed by atoms with Crippen LogP contribution in [0.2, 0.25) is 0 Å². The van der Waals surface area contributed by atoms with Crippen molar-refractivity contribution in [1.29, 1.82) is 0 Å². The number of nitrogens with one attached hydrogen (secondary N) is 1. The van der Waals surface area contributed by atoms with Gasteiger partial charge in [-0.05, 0) is 30.7 Å². The summed E-state index contributed by atoms with van der Waals surface area (Å²) in [6, 6.07) is 3.84. The number of carbonyl (C=O) groups is 1. The maximum atomic E-state index is 11.1. The van der Waals surface area contributed by atoms with Gasteiger partial charge < -0.3 is 20.6 Å². The van der Waals surface area contributed by atoms with Crippen molar-refractivity contribution in [2.75, 3.05) is 13.7 Å². The number of nitrogens with two attached hydrogens (primary N) is 1. The molecule has 0 aliphatic rings. The van der Waals surface area contributed by atoms with E-state index in [0.717, 1.165) is 39.9 Å². The predicted molar refractivity (Wildman–Crippen MR) is 78.3 cm³/mol. The lowest BCUT2D eigenvalue weighted by Crippen LogP contribution is -2.08. The van der Waals surface area contributed by atoms with Crippen LogP contribution in [0.3, 0.4) is 0 Å². The first-order valence-corrected chi connectivity index (χ1v) is 6.73. The Morgan fingerprint density at radius 2 is 2.15 bits per heavy atom. The molecule has 2 rings (SSSR count). The van der Waals surface area contributed by atoms with Gasteiger partial charge >= 0.3 is 5.97 Å². The molecule has 4 N–H and O–H groups in total. The molecule has 0 bridgehead atoms. The zero-order chi connectivity index (χ0) is 14.7. The second kappa shape index (κ2) is 5.96. The minimum absolute atomic E-state index is 0.00446. The Kier molecular flexibility index (Phi) is 4.29. The average Bonchev–Trinajstić information content (AvgIpc) is 2.75. The normalized spacial score (nSPS) is 10.9. The SMILES string of the molecule is CCc1c(OC)ccc2[nH]c(CCN)c(CC(=O)O)c12. The Morgan fingerprint density at radius 1 is 1.40 bits per heavy atom. The number of ether oxygens (including phenoxy) is 1. The Balaban J connectivity index is 2.73. The lowest BCUT2D eigenvalue weighted by atomic mass is 9.99. The molecule has 0 unspecified atom stereocenters. The number of aromatic amines is 1. The van der Waals surface area contributed by atoms with Crippen LogP contribution in [0.15, 0.2) is 12.1 Å². The summed E-state index contributed by atoms with van der Waals surface area (Å²) < 4.78 is 5.39. The van der Waals surface area contributed by atoms with Crippen molar-refractivity contribution in [1.82, 2.24) is 4.98 Å². The molecule has 0 aliphatic carbocycles. The Morgan fingerprint density at radius 3 is 2.70 bits per heavy atom. The molecule has 0 amide bonds. The van der Waals surface area contributed by atoms with E-state index in [9.17, 15) is 4.79 Å². The highest BCUT2D eigenvalue weighted by Gasteiger charge is 2.18. The first kappa shape index (κ1) is 14.4. The number of aryl methyl sites for hydroxylation is 1. The third kappa shape index (κ3) is 2.49. The highest BCUT2D eigenvalue weighted by Crippen LogP contribution is 2.33. The van der Waals surface area contributed by atoms with Gasteiger partial charge in [0.05, 0.1) is 13.5 Å². The van der Waals surface area contributed by atoms with Crippen LogP contribution >= 0.6 is 0 Å². The van der Waals surface area contributed by atoms with Crippen LogP contribution in [0.4, 0.5) is 0 Å². The van der Waals surface area contributed by atoms with Crippen molar-refractivity contribution >= 4 is 16.9 Å². The van der Waals surface area contributed by atoms with Crippen molar-refractivity contribution in [3.8, 4) is 5.75 Å². The summed E-state index contributed by atoms with van der Waals surface area (Å²) in [5, 5.41) is 10.1. The average molecular weight is 276 g/mol. The maximum absolute atomic E-state index is 11.1. The molecule has 5 nitrogen and oxygen atoms in total. The molecule has 0 spiro atoms. The molecule has 5 heteroatoms. The molecular weight excluding hydrogens is 256 g/mol. The molecule has 1 aromatic heterocycles. The van der Waals surface area contributed by atoms with E-state index < -0.39 is 5.97 Å². The standard InChI is InChI=1S/C15H20N2O3/c1-3-9-13(20-2)5-4-12-15(9)10(8-14(18)19)11(17-12)6-7-16/h4-5,17H,3,6-8,16H2,1-2H3,(H,18,19). The van der Waals surface area contributed by atoms with Crippen LogP contribution in [0.25, 0.3) is 10.9 Å². The van der Waals surface area contributed by atoms with Crippen molar-refractivity contribution < 1.29 is 14.6 Å². The third-order valence-electron chi connectivity index (χ3n) is 3.52. The van der Waals surface area contributed by atoms with Crippen LogP contribution in [0.5, 0.6) is 5.75 Å². The number of aliphatic carboxylic acids is 1. The summed E-state index contributed by atoms with van der Waals surface area (Å²) in [6.45, 7) is 2.52. The van der Waals surface area contributed by atoms with Crippen molar-refractivity contribution in [3.05, 3.63) is 29.0 Å². The van der Waals surface area contributed by atoms with E-state index in [1.165, 1.54) is 0 Å². The summed E-state index contributed by atoms with van der Waals surface area (Å²) in [7, 11) is 1.63. The molecule has 2 aromatic rings. The number of H-pyrrole nitrogens is 1. The van der Waals surface area contributed by atoms with E-state index >= 15 is 0 Å². The predicted octanol–water partition coefficient (Wildman–Crippen LogP) is 1.87. The molecule has 20 heavy (non-hydrogen) atoms. The Hall–Kier alpha value is -2.01. The van der Waals surface area contributed by atoms with Crippen LogP contribution in [-0.2, 0) is 24.1 Å². The fourth-order valence-electron chi connectivity index (χ4n) is 2.71. The van der Waals surface area contributed by atoms with Crippen molar-refractivity contribution in [3.63, 3.8) is 0 Å². The molecule has 1 aromatic carbocycles. The lowest BCUT2D eigenvalue weighted by Gasteiger charge is -2.09. The van der Waals surface area contributed by atoms with Crippen molar-refractivity contribution in [2.45, 2.75) is 26.2 Å². The van der Waals surface area contributed by atoms with E-state index in [-0.39, 0.29) is 6.42 Å². The molecule has 0 saturated heterocycles. The van der Waals surface area contributed by atoms with Gasteiger partial charge in [0.25, 0.3) is 0 Å². The number of methoxy groups -OCH3 is 1. The number of benzene rings is 1. The number of rotatable bonds is 6. The molecule has 0 fully saturated rings. The summed E-state index contributed by atoms with van der Waals surface area (Å²) in [4.78, 5) is 14.4. The molecule has 0 radical (unpaired) electrons. The molecule has 0 aliphatic heterocycles. The Labute approximate surface area is 117 Å². The van der Waals surface area contributed by atoms with Gasteiger partial charge in [-0.25, -0.2) is 0 Å². The van der Waals surface area contributed by atoms with E-state index in [1.54, 1.807) is 7.11 Å². The number of carboxylic acid groups (broad SMARTS) is 1. The minimum Gasteiger partial charge on any atom is -0.496 e.